The van der Waals surface area contributed by atoms with Crippen molar-refractivity contribution in [2.75, 3.05) is 0 Å². The fourth-order valence-electron chi connectivity index (χ4n) is 3.04. The molecule has 25 heavy (non-hydrogen) atoms. The summed E-state index contributed by atoms with van der Waals surface area (Å²) in [6.45, 7) is 3.63. The van der Waals surface area contributed by atoms with Crippen molar-refractivity contribution in [3.63, 3.8) is 0 Å². The van der Waals surface area contributed by atoms with Crippen molar-refractivity contribution in [3.8, 4) is 17.0 Å². The van der Waals surface area contributed by atoms with Crippen molar-refractivity contribution in [2.45, 2.75) is 32.5 Å². The lowest BCUT2D eigenvalue weighted by Gasteiger charge is -2.12. The van der Waals surface area contributed by atoms with Crippen LogP contribution in [0.25, 0.3) is 22.4 Å². The van der Waals surface area contributed by atoms with Gasteiger partial charge in [-0.2, -0.15) is 18.3 Å². The topological polar surface area (TPSA) is 63.8 Å². The van der Waals surface area contributed by atoms with Gasteiger partial charge in [0.25, 0.3) is 0 Å². The molecule has 1 fully saturated rings. The molecule has 0 amide bonds. The number of phenols is 1. The van der Waals surface area contributed by atoms with E-state index in [2.05, 4.69) is 22.0 Å². The van der Waals surface area contributed by atoms with E-state index in [1.165, 1.54) is 13.1 Å². The summed E-state index contributed by atoms with van der Waals surface area (Å²) in [4.78, 5) is 8.67. The van der Waals surface area contributed by atoms with Crippen LogP contribution in [0.3, 0.4) is 0 Å². The highest BCUT2D eigenvalue weighted by atomic mass is 19.4. The quantitative estimate of drug-likeness (QED) is 0.757. The number of alkyl halides is 3. The molecule has 1 aliphatic rings. The highest BCUT2D eigenvalue weighted by molar-refractivity contribution is 5.77. The minimum absolute atomic E-state index is 0.233. The molecular formula is C17H15F3N4O. The fraction of sp³-hybridized carbons (Fsp3) is 0.353. The van der Waals surface area contributed by atoms with E-state index in [-0.39, 0.29) is 11.1 Å². The molecule has 2 aromatic heterocycles. The first-order valence-electron chi connectivity index (χ1n) is 7.87. The zero-order chi connectivity index (χ0) is 17.9. The van der Waals surface area contributed by atoms with E-state index in [4.69, 9.17) is 0 Å². The van der Waals surface area contributed by atoms with Gasteiger partial charge in [0.15, 0.2) is 5.65 Å². The zero-order valence-corrected chi connectivity index (χ0v) is 13.5. The Hall–Kier alpha value is -2.64. The van der Waals surface area contributed by atoms with E-state index in [0.717, 1.165) is 12.5 Å². The summed E-state index contributed by atoms with van der Waals surface area (Å²) in [5.74, 6) is 0.0891. The van der Waals surface area contributed by atoms with Crippen LogP contribution >= 0.6 is 0 Å². The van der Waals surface area contributed by atoms with Gasteiger partial charge >= 0.3 is 6.18 Å². The first-order valence-corrected chi connectivity index (χ1v) is 7.87. The molecule has 2 heterocycles. The third kappa shape index (κ3) is 2.71. The molecule has 1 aromatic carbocycles. The Kier molecular flexibility index (Phi) is 3.28. The van der Waals surface area contributed by atoms with Crippen LogP contribution in [0.2, 0.25) is 0 Å². The predicted octanol–water partition coefficient (Wildman–Crippen LogP) is 4.11. The molecule has 3 aromatic rings. The summed E-state index contributed by atoms with van der Waals surface area (Å²) in [7, 11) is 0. The number of fused-ring (bicyclic) bond motifs is 1. The van der Waals surface area contributed by atoms with Gasteiger partial charge in [0, 0.05) is 5.56 Å². The molecule has 1 aliphatic carbocycles. The molecule has 1 unspecified atom stereocenters. The van der Waals surface area contributed by atoms with Gasteiger partial charge < -0.3 is 5.11 Å². The second-order valence-corrected chi connectivity index (χ2v) is 6.54. The Morgan fingerprint density at radius 2 is 2.00 bits per heavy atom. The Balaban J connectivity index is 1.79. The highest BCUT2D eigenvalue weighted by Gasteiger charge is 2.35. The summed E-state index contributed by atoms with van der Waals surface area (Å²) in [5, 5.41) is 14.5. The van der Waals surface area contributed by atoms with Crippen molar-refractivity contribution < 1.29 is 18.3 Å². The largest absolute Gasteiger partial charge is 0.507 e. The van der Waals surface area contributed by atoms with Crippen molar-refractivity contribution in [3.05, 3.63) is 35.7 Å². The molecule has 0 bridgehead atoms. The van der Waals surface area contributed by atoms with E-state index in [1.807, 2.05) is 10.9 Å². The maximum absolute atomic E-state index is 12.9. The number of hydrogen-bond acceptors (Lipinski definition) is 4. The maximum Gasteiger partial charge on any atom is 0.416 e. The van der Waals surface area contributed by atoms with E-state index in [9.17, 15) is 18.3 Å². The highest BCUT2D eigenvalue weighted by Crippen LogP contribution is 2.42. The number of halogens is 3. The number of nitrogens with zero attached hydrogens (tertiary/aromatic N) is 4. The second kappa shape index (κ2) is 5.18. The Bertz CT molecular complexity index is 957. The predicted molar refractivity (Wildman–Crippen MR) is 85.0 cm³/mol. The van der Waals surface area contributed by atoms with Gasteiger partial charge in [0.2, 0.25) is 0 Å². The molecule has 1 saturated carbocycles. The first kappa shape index (κ1) is 15.9. The standard InChI is InChI=1S/C17H15F3N4O/c1-8-4-13(8)24-7-12-16(23-24)22-11(6-21-12)15-9(2)3-10(5-14(15)25)17(18,19)20/h3,5-8,13,25H,4H2,1-2H3/t8-,13?/m0/s1. The molecular weight excluding hydrogens is 333 g/mol. The maximum atomic E-state index is 12.9. The van der Waals surface area contributed by atoms with Gasteiger partial charge in [-0.25, -0.2) is 9.97 Å². The number of aromatic hydroxyl groups is 1. The summed E-state index contributed by atoms with van der Waals surface area (Å²) in [6, 6.07) is 2.05. The molecule has 5 nitrogen and oxygen atoms in total. The van der Waals surface area contributed by atoms with Crippen molar-refractivity contribution >= 4 is 11.2 Å². The number of aromatic nitrogens is 4. The van der Waals surface area contributed by atoms with Crippen LogP contribution in [-0.4, -0.2) is 24.9 Å². The number of aryl methyl sites for hydroxylation is 1. The minimum atomic E-state index is -4.52. The van der Waals surface area contributed by atoms with Crippen LogP contribution in [0.1, 0.15) is 30.5 Å². The molecule has 1 N–H and O–H groups in total. The molecule has 4 rings (SSSR count). The fourth-order valence-corrected chi connectivity index (χ4v) is 3.04. The second-order valence-electron chi connectivity index (χ2n) is 6.54. The van der Waals surface area contributed by atoms with Crippen LogP contribution in [0.4, 0.5) is 13.2 Å². The van der Waals surface area contributed by atoms with Gasteiger partial charge in [-0.05, 0) is 37.0 Å². The number of hydrogen-bond donors (Lipinski definition) is 1. The summed E-state index contributed by atoms with van der Waals surface area (Å²) >= 11 is 0. The molecule has 0 saturated heterocycles. The zero-order valence-electron chi connectivity index (χ0n) is 13.5. The van der Waals surface area contributed by atoms with Crippen LogP contribution in [0.15, 0.2) is 24.5 Å². The van der Waals surface area contributed by atoms with Gasteiger partial charge in [0.05, 0.1) is 29.7 Å². The molecule has 130 valence electrons. The third-order valence-electron chi connectivity index (χ3n) is 4.55. The first-order chi connectivity index (χ1) is 11.7. The summed E-state index contributed by atoms with van der Waals surface area (Å²) in [6.07, 6.45) is -0.199. The van der Waals surface area contributed by atoms with Crippen molar-refractivity contribution in [2.24, 2.45) is 5.92 Å². The lowest BCUT2D eigenvalue weighted by atomic mass is 10.0. The van der Waals surface area contributed by atoms with Crippen LogP contribution in [0.5, 0.6) is 5.75 Å². The van der Waals surface area contributed by atoms with Gasteiger partial charge in [-0.3, -0.25) is 4.68 Å². The van der Waals surface area contributed by atoms with E-state index in [1.54, 1.807) is 0 Å². The van der Waals surface area contributed by atoms with Gasteiger partial charge in [-0.1, -0.05) is 6.92 Å². The third-order valence-corrected chi connectivity index (χ3v) is 4.55. The Labute approximate surface area is 141 Å². The SMILES string of the molecule is Cc1cc(C(F)(F)F)cc(O)c1-c1cnc2cn(C3C[C@@H]3C)nc2n1. The van der Waals surface area contributed by atoms with Crippen molar-refractivity contribution in [1.82, 2.24) is 19.7 Å². The average Bonchev–Trinajstić information content (AvgIpc) is 3.09. The van der Waals surface area contributed by atoms with E-state index in [0.29, 0.717) is 34.9 Å². The Morgan fingerprint density at radius 3 is 2.60 bits per heavy atom. The molecule has 8 heteroatoms. The van der Waals surface area contributed by atoms with Crippen LogP contribution in [-0.2, 0) is 6.18 Å². The lowest BCUT2D eigenvalue weighted by Crippen LogP contribution is -2.05. The van der Waals surface area contributed by atoms with E-state index < -0.39 is 17.5 Å². The summed E-state index contributed by atoms with van der Waals surface area (Å²) in [5.41, 5.74) is 0.938. The molecule has 2 atom stereocenters. The van der Waals surface area contributed by atoms with Crippen LogP contribution < -0.4 is 0 Å². The average molecular weight is 348 g/mol. The molecule has 0 aliphatic heterocycles. The smallest absolute Gasteiger partial charge is 0.416 e. The summed E-state index contributed by atoms with van der Waals surface area (Å²) < 4.78 is 40.4. The minimum Gasteiger partial charge on any atom is -0.507 e. The Morgan fingerprint density at radius 1 is 1.28 bits per heavy atom. The number of phenolic OH excluding ortho intramolecular Hbond substituents is 1. The van der Waals surface area contributed by atoms with Gasteiger partial charge in [-0.15, -0.1) is 0 Å². The van der Waals surface area contributed by atoms with Gasteiger partial charge in [0.1, 0.15) is 11.3 Å². The molecule has 0 radical (unpaired) electrons. The number of benzene rings is 1. The molecule has 0 spiro atoms. The normalized spacial score (nSPS) is 20.2. The van der Waals surface area contributed by atoms with E-state index >= 15 is 0 Å². The number of rotatable bonds is 2. The van der Waals surface area contributed by atoms with Crippen LogP contribution in [0, 0.1) is 12.8 Å². The monoisotopic (exact) mass is 348 g/mol. The lowest BCUT2D eigenvalue weighted by molar-refractivity contribution is -0.137. The van der Waals surface area contributed by atoms with Crippen molar-refractivity contribution in [1.29, 1.82) is 0 Å².